The maximum Gasteiger partial charge on any atom is 0.447 e. The number of nitrogens with zero attached hydrogens (tertiary/aromatic N) is 2. The van der Waals surface area contributed by atoms with Gasteiger partial charge in [-0.1, -0.05) is 11.8 Å². The van der Waals surface area contributed by atoms with Crippen LogP contribution in [-0.4, -0.2) is 67.5 Å². The standard InChI is InChI=1S/C28H32F3N4O2PS/c1-34-14-11-27(17-20(27)18-34)33-22-8-6-13-35-24(22)15-19(26(35)39-28(29,30)31)7-5-12-32-23-10-9-21(38(3,4)36)16-25(23)37-2/h6,8-10,13,15-16,20,32-33H,11-12,14,17-18H2,1-4H3/t20-,27+/m0/s1. The van der Waals surface area contributed by atoms with Crippen molar-refractivity contribution >= 4 is 41.1 Å². The van der Waals surface area contributed by atoms with Crippen molar-refractivity contribution in [1.29, 1.82) is 0 Å². The first-order chi connectivity index (χ1) is 18.4. The van der Waals surface area contributed by atoms with Gasteiger partial charge in [-0.05, 0) is 75.5 Å². The Hall–Kier alpha value is -2.73. The van der Waals surface area contributed by atoms with Crippen molar-refractivity contribution in [2.75, 3.05) is 57.8 Å². The van der Waals surface area contributed by atoms with E-state index >= 15 is 0 Å². The molecule has 0 amide bonds. The Morgan fingerprint density at radius 3 is 2.72 bits per heavy atom. The fourth-order valence-corrected chi connectivity index (χ4v) is 6.85. The number of ether oxygens (including phenoxy) is 1. The predicted octanol–water partition coefficient (Wildman–Crippen LogP) is 5.78. The average molecular weight is 577 g/mol. The molecule has 39 heavy (non-hydrogen) atoms. The number of methoxy groups -OCH3 is 1. The van der Waals surface area contributed by atoms with Gasteiger partial charge in [0.25, 0.3) is 0 Å². The molecule has 1 aromatic carbocycles. The van der Waals surface area contributed by atoms with Crippen molar-refractivity contribution in [3.05, 3.63) is 48.2 Å². The highest BCUT2D eigenvalue weighted by atomic mass is 32.2. The summed E-state index contributed by atoms with van der Waals surface area (Å²) in [6.07, 6.45) is 3.73. The summed E-state index contributed by atoms with van der Waals surface area (Å²) in [4.78, 5) is 2.32. The fourth-order valence-electron chi connectivity index (χ4n) is 5.29. The summed E-state index contributed by atoms with van der Waals surface area (Å²) >= 11 is -0.148. The van der Waals surface area contributed by atoms with Gasteiger partial charge in [0.15, 0.2) is 0 Å². The van der Waals surface area contributed by atoms with Crippen LogP contribution in [0, 0.1) is 17.8 Å². The summed E-state index contributed by atoms with van der Waals surface area (Å²) in [6.45, 7) is 5.60. The Bertz CT molecular complexity index is 1510. The Morgan fingerprint density at radius 1 is 1.23 bits per heavy atom. The highest BCUT2D eigenvalue weighted by Crippen LogP contribution is 2.52. The van der Waals surface area contributed by atoms with E-state index in [1.807, 2.05) is 6.07 Å². The van der Waals surface area contributed by atoms with E-state index in [1.165, 1.54) is 7.11 Å². The normalized spacial score (nSPS) is 21.2. The number of pyridine rings is 1. The lowest BCUT2D eigenvalue weighted by Crippen LogP contribution is -2.38. The third kappa shape index (κ3) is 6.06. The number of aromatic nitrogens is 1. The zero-order valence-electron chi connectivity index (χ0n) is 22.4. The topological polar surface area (TPSA) is 58.0 Å². The molecule has 208 valence electrons. The largest absolute Gasteiger partial charge is 0.495 e. The molecule has 2 atom stereocenters. The van der Waals surface area contributed by atoms with Crippen LogP contribution in [0.3, 0.4) is 0 Å². The quantitative estimate of drug-likeness (QED) is 0.211. The number of hydrogen-bond acceptors (Lipinski definition) is 6. The number of thioether (sulfide) groups is 1. The second kappa shape index (κ2) is 10.3. The Labute approximate surface area is 231 Å². The number of rotatable bonds is 7. The van der Waals surface area contributed by atoms with E-state index in [0.717, 1.165) is 31.6 Å². The highest BCUT2D eigenvalue weighted by Gasteiger charge is 2.56. The number of anilines is 2. The number of alkyl halides is 3. The SMILES string of the molecule is COc1cc(P(C)(C)=O)ccc1NCC#Cc1cc2c(N[C@@]34CCN(C)C[C@@H]3C4)cccn2c1SC(F)(F)F. The molecule has 2 aliphatic rings. The Kier molecular flexibility index (Phi) is 7.38. The summed E-state index contributed by atoms with van der Waals surface area (Å²) in [6, 6.07) is 10.7. The van der Waals surface area contributed by atoms with Gasteiger partial charge in [-0.2, -0.15) is 13.2 Å². The van der Waals surface area contributed by atoms with Crippen LogP contribution in [0.1, 0.15) is 18.4 Å². The van der Waals surface area contributed by atoms with Gasteiger partial charge in [-0.25, -0.2) is 0 Å². The van der Waals surface area contributed by atoms with Crippen LogP contribution in [0.15, 0.2) is 47.6 Å². The third-order valence-electron chi connectivity index (χ3n) is 7.46. The van der Waals surface area contributed by atoms with Crippen molar-refractivity contribution in [1.82, 2.24) is 9.30 Å². The van der Waals surface area contributed by atoms with Gasteiger partial charge in [-0.15, -0.1) is 0 Å². The lowest BCUT2D eigenvalue weighted by Gasteiger charge is -2.30. The van der Waals surface area contributed by atoms with Gasteiger partial charge in [0, 0.05) is 41.9 Å². The summed E-state index contributed by atoms with van der Waals surface area (Å²) in [5, 5.41) is 7.58. The molecule has 11 heteroatoms. The van der Waals surface area contributed by atoms with Crippen LogP contribution in [0.4, 0.5) is 24.5 Å². The van der Waals surface area contributed by atoms with Crippen LogP contribution in [0.25, 0.3) is 5.52 Å². The van der Waals surface area contributed by atoms with Gasteiger partial charge in [0.1, 0.15) is 17.9 Å². The van der Waals surface area contributed by atoms with E-state index in [1.54, 1.807) is 54.3 Å². The summed E-state index contributed by atoms with van der Waals surface area (Å²) in [5.41, 5.74) is -1.94. The van der Waals surface area contributed by atoms with Crippen molar-refractivity contribution in [3.63, 3.8) is 0 Å². The summed E-state index contributed by atoms with van der Waals surface area (Å²) < 4.78 is 60.1. The van der Waals surface area contributed by atoms with Crippen molar-refractivity contribution < 1.29 is 22.5 Å². The summed E-state index contributed by atoms with van der Waals surface area (Å²) in [5.74, 6) is 7.00. The van der Waals surface area contributed by atoms with Gasteiger partial charge < -0.3 is 29.2 Å². The monoisotopic (exact) mass is 576 g/mol. The van der Waals surface area contributed by atoms with Crippen molar-refractivity contribution in [2.45, 2.75) is 28.9 Å². The second-order valence-electron chi connectivity index (χ2n) is 10.7. The van der Waals surface area contributed by atoms with Crippen LogP contribution < -0.4 is 20.7 Å². The van der Waals surface area contributed by atoms with Crippen LogP contribution >= 0.6 is 18.9 Å². The molecular formula is C28H32F3N4O2PS. The van der Waals surface area contributed by atoms with E-state index in [-0.39, 0.29) is 28.9 Å². The molecule has 5 rings (SSSR count). The van der Waals surface area contributed by atoms with Gasteiger partial charge in [-0.3, -0.25) is 0 Å². The molecular weight excluding hydrogens is 544 g/mol. The maximum absolute atomic E-state index is 13.5. The second-order valence-corrected chi connectivity index (χ2v) is 14.9. The molecule has 3 heterocycles. The van der Waals surface area contributed by atoms with Gasteiger partial charge in [0.2, 0.25) is 0 Å². The molecule has 1 saturated carbocycles. The van der Waals surface area contributed by atoms with E-state index in [2.05, 4.69) is 34.4 Å². The highest BCUT2D eigenvalue weighted by molar-refractivity contribution is 8.00. The minimum absolute atomic E-state index is 0.0175. The average Bonchev–Trinajstić information content (AvgIpc) is 3.45. The van der Waals surface area contributed by atoms with Crippen molar-refractivity contribution in [3.8, 4) is 17.6 Å². The smallest absolute Gasteiger partial charge is 0.447 e. The number of benzene rings is 1. The number of halogens is 3. The molecule has 0 spiro atoms. The van der Waals surface area contributed by atoms with Crippen molar-refractivity contribution in [2.24, 2.45) is 5.92 Å². The molecule has 2 N–H and O–H groups in total. The molecule has 2 fully saturated rings. The van der Waals surface area contributed by atoms with Crippen LogP contribution in [0.2, 0.25) is 0 Å². The van der Waals surface area contributed by atoms with Gasteiger partial charge >= 0.3 is 5.51 Å². The number of piperidine rings is 1. The molecule has 0 bridgehead atoms. The third-order valence-corrected chi connectivity index (χ3v) is 9.82. The molecule has 1 aliphatic heterocycles. The Morgan fingerprint density at radius 2 is 2.03 bits per heavy atom. The predicted molar refractivity (Wildman–Crippen MR) is 153 cm³/mol. The van der Waals surface area contributed by atoms with Gasteiger partial charge in [0.05, 0.1) is 36.1 Å². The fraction of sp³-hybridized carbons (Fsp3) is 0.429. The maximum atomic E-state index is 13.5. The zero-order chi connectivity index (χ0) is 28.0. The lowest BCUT2D eigenvalue weighted by molar-refractivity contribution is -0.0329. The summed E-state index contributed by atoms with van der Waals surface area (Å²) in [7, 11) is 1.20. The van der Waals surface area contributed by atoms with E-state index in [9.17, 15) is 17.7 Å². The number of fused-ring (bicyclic) bond motifs is 2. The number of likely N-dealkylation sites (tertiary alicyclic amines) is 1. The van der Waals surface area contributed by atoms with E-state index < -0.39 is 12.7 Å². The molecule has 1 aliphatic carbocycles. The van der Waals surface area contributed by atoms with E-state index in [0.29, 0.717) is 33.7 Å². The lowest BCUT2D eigenvalue weighted by atomic mass is 10.0. The van der Waals surface area contributed by atoms with Crippen LogP contribution in [-0.2, 0) is 4.57 Å². The van der Waals surface area contributed by atoms with E-state index in [4.69, 9.17) is 4.74 Å². The molecule has 1 saturated heterocycles. The zero-order valence-corrected chi connectivity index (χ0v) is 24.1. The first-order valence-corrected chi connectivity index (χ1v) is 16.1. The molecule has 6 nitrogen and oxygen atoms in total. The first-order valence-electron chi connectivity index (χ1n) is 12.7. The first kappa shape index (κ1) is 27.8. The Balaban J connectivity index is 1.40. The minimum atomic E-state index is -4.45. The molecule has 0 unspecified atom stereocenters. The van der Waals surface area contributed by atoms with Crippen LogP contribution in [0.5, 0.6) is 5.75 Å². The number of nitrogens with one attached hydrogen (secondary N) is 2. The molecule has 2 aromatic heterocycles. The molecule has 0 radical (unpaired) electrons. The minimum Gasteiger partial charge on any atom is -0.495 e. The molecule has 3 aromatic rings. The number of hydrogen-bond donors (Lipinski definition) is 2.